The van der Waals surface area contributed by atoms with Crippen molar-refractivity contribution < 1.29 is 0 Å². The summed E-state index contributed by atoms with van der Waals surface area (Å²) in [6.45, 7) is 2.19. The number of nitrogen functional groups attached to an aromatic ring is 2. The first kappa shape index (κ1) is 10.3. The molecule has 0 aliphatic heterocycles. The van der Waals surface area contributed by atoms with E-state index in [9.17, 15) is 0 Å². The minimum atomic E-state index is 0.567. The van der Waals surface area contributed by atoms with Crippen LogP contribution in [0.2, 0.25) is 0 Å². The van der Waals surface area contributed by atoms with Crippen LogP contribution in [0.25, 0.3) is 0 Å². The van der Waals surface area contributed by atoms with E-state index in [-0.39, 0.29) is 0 Å². The molecule has 0 bridgehead atoms. The van der Waals surface area contributed by atoms with E-state index in [0.29, 0.717) is 11.7 Å². The molecule has 1 aromatic heterocycles. The predicted octanol–water partition coefficient (Wildman–Crippen LogP) is 1.79. The van der Waals surface area contributed by atoms with Gasteiger partial charge in [-0.25, -0.2) is 9.66 Å². The second-order valence-corrected chi connectivity index (χ2v) is 4.40. The number of rotatable bonds is 5. The van der Waals surface area contributed by atoms with Gasteiger partial charge in [-0.3, -0.25) is 0 Å². The second kappa shape index (κ2) is 4.13. The molecule has 1 aliphatic carbocycles. The number of aryl methyl sites for hydroxylation is 1. The topological polar surface area (TPSA) is 69.9 Å². The van der Waals surface area contributed by atoms with E-state index in [2.05, 4.69) is 11.9 Å². The maximum absolute atomic E-state index is 5.93. The van der Waals surface area contributed by atoms with Gasteiger partial charge in [0.1, 0.15) is 11.6 Å². The Morgan fingerprint density at radius 3 is 2.73 bits per heavy atom. The fraction of sp³-hybridized carbons (Fsp3) is 0.727. The molecule has 84 valence electrons. The number of hydrogen-bond acceptors (Lipinski definition) is 3. The Morgan fingerprint density at radius 1 is 1.40 bits per heavy atom. The lowest BCUT2D eigenvalue weighted by molar-refractivity contribution is 0.709. The van der Waals surface area contributed by atoms with Gasteiger partial charge in [0, 0.05) is 5.92 Å². The summed E-state index contributed by atoms with van der Waals surface area (Å²) in [5, 5.41) is 0. The average molecular weight is 208 g/mol. The van der Waals surface area contributed by atoms with Gasteiger partial charge in [0.15, 0.2) is 0 Å². The fourth-order valence-electron chi connectivity index (χ4n) is 1.87. The average Bonchev–Trinajstić information content (AvgIpc) is 3.01. The minimum absolute atomic E-state index is 0.567. The first-order chi connectivity index (χ1) is 7.24. The van der Waals surface area contributed by atoms with Gasteiger partial charge < -0.3 is 11.6 Å². The van der Waals surface area contributed by atoms with E-state index in [1.807, 2.05) is 0 Å². The van der Waals surface area contributed by atoms with Crippen molar-refractivity contribution >= 4 is 5.82 Å². The molecule has 0 aromatic carbocycles. The third-order valence-corrected chi connectivity index (χ3v) is 3.01. The van der Waals surface area contributed by atoms with Gasteiger partial charge in [0.25, 0.3) is 0 Å². The highest BCUT2D eigenvalue weighted by molar-refractivity contribution is 5.39. The van der Waals surface area contributed by atoms with Gasteiger partial charge in [-0.15, -0.1) is 0 Å². The monoisotopic (exact) mass is 208 g/mol. The van der Waals surface area contributed by atoms with Gasteiger partial charge >= 0.3 is 0 Å². The number of hydrogen-bond donors (Lipinski definition) is 2. The largest absolute Gasteiger partial charge is 0.382 e. The Hall–Kier alpha value is -1.19. The van der Waals surface area contributed by atoms with E-state index in [1.54, 1.807) is 4.68 Å². The molecule has 2 rings (SSSR count). The zero-order valence-corrected chi connectivity index (χ0v) is 9.37. The summed E-state index contributed by atoms with van der Waals surface area (Å²) in [6.07, 6.45) is 6.99. The number of imidazole rings is 1. The number of unbranched alkanes of at least 4 members (excludes halogenated alkanes) is 2. The zero-order chi connectivity index (χ0) is 10.8. The van der Waals surface area contributed by atoms with Crippen LogP contribution in [0.4, 0.5) is 5.82 Å². The molecule has 1 saturated carbocycles. The van der Waals surface area contributed by atoms with E-state index < -0.39 is 0 Å². The van der Waals surface area contributed by atoms with Crippen molar-refractivity contribution in [2.24, 2.45) is 0 Å². The molecule has 4 heteroatoms. The Morgan fingerprint density at radius 2 is 2.13 bits per heavy atom. The number of nitrogens with two attached hydrogens (primary N) is 2. The van der Waals surface area contributed by atoms with Gasteiger partial charge in [-0.1, -0.05) is 19.8 Å². The summed E-state index contributed by atoms with van der Waals surface area (Å²) >= 11 is 0. The summed E-state index contributed by atoms with van der Waals surface area (Å²) in [5.41, 5.74) is 6.92. The Balaban J connectivity index is 2.06. The first-order valence-corrected chi connectivity index (χ1v) is 5.86. The van der Waals surface area contributed by atoms with Gasteiger partial charge in [-0.05, 0) is 25.7 Å². The molecule has 1 aliphatic rings. The Kier molecular flexibility index (Phi) is 2.84. The molecule has 0 saturated heterocycles. The lowest BCUT2D eigenvalue weighted by Gasteiger charge is -2.00. The van der Waals surface area contributed by atoms with Crippen LogP contribution >= 0.6 is 0 Å². The lowest BCUT2D eigenvalue weighted by Crippen LogP contribution is -2.15. The number of aromatic nitrogens is 2. The molecule has 15 heavy (non-hydrogen) atoms. The molecule has 0 radical (unpaired) electrons. The van der Waals surface area contributed by atoms with E-state index >= 15 is 0 Å². The van der Waals surface area contributed by atoms with Crippen LogP contribution in [0.15, 0.2) is 0 Å². The van der Waals surface area contributed by atoms with Crippen LogP contribution in [-0.2, 0) is 6.42 Å². The Labute approximate surface area is 90.6 Å². The van der Waals surface area contributed by atoms with Gasteiger partial charge in [0.2, 0.25) is 0 Å². The molecule has 4 N–H and O–H groups in total. The van der Waals surface area contributed by atoms with E-state index in [1.165, 1.54) is 25.7 Å². The highest BCUT2D eigenvalue weighted by atomic mass is 15.4. The van der Waals surface area contributed by atoms with Crippen molar-refractivity contribution in [3.63, 3.8) is 0 Å². The maximum atomic E-state index is 5.93. The molecule has 0 amide bonds. The van der Waals surface area contributed by atoms with Gasteiger partial charge in [0.05, 0.1) is 5.69 Å². The van der Waals surface area contributed by atoms with Crippen molar-refractivity contribution in [1.29, 1.82) is 0 Å². The van der Waals surface area contributed by atoms with Crippen LogP contribution in [0.5, 0.6) is 0 Å². The van der Waals surface area contributed by atoms with Crippen LogP contribution in [0, 0.1) is 0 Å². The van der Waals surface area contributed by atoms with E-state index in [4.69, 9.17) is 11.6 Å². The number of anilines is 1. The van der Waals surface area contributed by atoms with Gasteiger partial charge in [-0.2, -0.15) is 0 Å². The molecule has 0 unspecified atom stereocenters. The second-order valence-electron chi connectivity index (χ2n) is 4.40. The summed E-state index contributed by atoms with van der Waals surface area (Å²) < 4.78 is 1.58. The highest BCUT2D eigenvalue weighted by Crippen LogP contribution is 2.39. The molecule has 0 spiro atoms. The first-order valence-electron chi connectivity index (χ1n) is 5.86. The smallest absolute Gasteiger partial charge is 0.145 e. The standard InChI is InChI=1S/C11H20N4/c1-2-3-4-5-9-10(12)15(13)11(14-9)8-6-7-8/h8H,2-7,12-13H2,1H3. The van der Waals surface area contributed by atoms with Crippen molar-refractivity contribution in [1.82, 2.24) is 9.66 Å². The van der Waals surface area contributed by atoms with Crippen molar-refractivity contribution in [2.45, 2.75) is 51.4 Å². The molecule has 0 atom stereocenters. The third-order valence-electron chi connectivity index (χ3n) is 3.01. The minimum Gasteiger partial charge on any atom is -0.382 e. The van der Waals surface area contributed by atoms with Crippen molar-refractivity contribution in [3.05, 3.63) is 11.5 Å². The van der Waals surface area contributed by atoms with Crippen LogP contribution in [0.3, 0.4) is 0 Å². The quantitative estimate of drug-likeness (QED) is 0.572. The van der Waals surface area contributed by atoms with Crippen LogP contribution in [0.1, 0.15) is 56.5 Å². The van der Waals surface area contributed by atoms with Crippen LogP contribution in [-0.4, -0.2) is 9.66 Å². The Bertz CT molecular complexity index is 339. The zero-order valence-electron chi connectivity index (χ0n) is 9.37. The molecular weight excluding hydrogens is 188 g/mol. The molecule has 1 heterocycles. The molecule has 1 aromatic rings. The van der Waals surface area contributed by atoms with Crippen LogP contribution < -0.4 is 11.6 Å². The lowest BCUT2D eigenvalue weighted by atomic mass is 10.1. The molecular formula is C11H20N4. The summed E-state index contributed by atoms with van der Waals surface area (Å²) in [4.78, 5) is 4.56. The normalized spacial score (nSPS) is 15.8. The third kappa shape index (κ3) is 2.08. The predicted molar refractivity (Wildman–Crippen MR) is 62.0 cm³/mol. The SMILES string of the molecule is CCCCCc1nc(C2CC2)n(N)c1N. The summed E-state index contributed by atoms with van der Waals surface area (Å²) in [5.74, 6) is 8.09. The highest BCUT2D eigenvalue weighted by Gasteiger charge is 2.29. The number of nitrogens with zero attached hydrogens (tertiary/aromatic N) is 2. The maximum Gasteiger partial charge on any atom is 0.145 e. The summed E-state index contributed by atoms with van der Waals surface area (Å²) in [7, 11) is 0. The van der Waals surface area contributed by atoms with Crippen molar-refractivity contribution in [3.8, 4) is 0 Å². The van der Waals surface area contributed by atoms with E-state index in [0.717, 1.165) is 24.4 Å². The van der Waals surface area contributed by atoms with Crippen molar-refractivity contribution in [2.75, 3.05) is 11.6 Å². The molecule has 4 nitrogen and oxygen atoms in total. The summed E-state index contributed by atoms with van der Waals surface area (Å²) in [6, 6.07) is 0. The fourth-order valence-corrected chi connectivity index (χ4v) is 1.87. The molecule has 1 fully saturated rings.